The molecule has 1 aromatic heterocycles. The van der Waals surface area contributed by atoms with Gasteiger partial charge < -0.3 is 10.6 Å². The summed E-state index contributed by atoms with van der Waals surface area (Å²) >= 11 is 0. The third-order valence-electron chi connectivity index (χ3n) is 4.62. The Labute approximate surface area is 151 Å². The molecule has 1 amide bonds. The monoisotopic (exact) mass is 356 g/mol. The van der Waals surface area contributed by atoms with E-state index in [-0.39, 0.29) is 12.5 Å². The van der Waals surface area contributed by atoms with E-state index in [0.717, 1.165) is 36.1 Å². The molecule has 0 spiro atoms. The molecule has 1 atom stereocenters. The fourth-order valence-electron chi connectivity index (χ4n) is 3.16. The quantitative estimate of drug-likeness (QED) is 0.773. The van der Waals surface area contributed by atoms with Crippen LogP contribution in [0.2, 0.25) is 0 Å². The van der Waals surface area contributed by atoms with Gasteiger partial charge in [0.15, 0.2) is 0 Å². The van der Waals surface area contributed by atoms with Gasteiger partial charge in [-0.2, -0.15) is 0 Å². The molecule has 7 nitrogen and oxygen atoms in total. The molecule has 0 radical (unpaired) electrons. The molecule has 1 aromatic carbocycles. The number of nitrogens with one attached hydrogen (secondary N) is 2. The van der Waals surface area contributed by atoms with E-state index < -0.39 is 11.2 Å². The number of rotatable bonds is 6. The van der Waals surface area contributed by atoms with Gasteiger partial charge in [0.1, 0.15) is 6.54 Å². The fourth-order valence-corrected chi connectivity index (χ4v) is 3.16. The van der Waals surface area contributed by atoms with Gasteiger partial charge in [0.2, 0.25) is 5.91 Å². The predicted octanol–water partition coefficient (Wildman–Crippen LogP) is 0.174. The Morgan fingerprint density at radius 3 is 2.73 bits per heavy atom. The molecule has 2 N–H and O–H groups in total. The minimum absolute atomic E-state index is 0.257. The van der Waals surface area contributed by atoms with Crippen LogP contribution in [-0.2, 0) is 17.9 Å². The highest BCUT2D eigenvalue weighted by Gasteiger charge is 2.15. The van der Waals surface area contributed by atoms with Crippen LogP contribution in [0.4, 0.5) is 0 Å². The molecule has 138 valence electrons. The molecule has 7 heteroatoms. The van der Waals surface area contributed by atoms with Crippen molar-refractivity contribution in [3.8, 4) is 0 Å². The fraction of sp³-hybridized carbons (Fsp3) is 0.421. The average Bonchev–Trinajstić information content (AvgIpc) is 2.67. The first-order valence-electron chi connectivity index (χ1n) is 8.95. The number of carbonyl (C=O) groups excluding carboxylic acids is 1. The van der Waals surface area contributed by atoms with Crippen LogP contribution >= 0.6 is 0 Å². The van der Waals surface area contributed by atoms with Crippen LogP contribution in [0, 0.1) is 5.92 Å². The third-order valence-corrected chi connectivity index (χ3v) is 4.62. The van der Waals surface area contributed by atoms with Crippen molar-refractivity contribution >= 4 is 5.91 Å². The number of benzene rings is 1. The summed E-state index contributed by atoms with van der Waals surface area (Å²) in [5, 5.41) is 6.13. The van der Waals surface area contributed by atoms with Gasteiger partial charge in [0.05, 0.1) is 6.54 Å². The Morgan fingerprint density at radius 1 is 1.19 bits per heavy atom. The summed E-state index contributed by atoms with van der Waals surface area (Å²) in [4.78, 5) is 36.8. The summed E-state index contributed by atoms with van der Waals surface area (Å²) in [6.45, 7) is 2.56. The Hall–Kier alpha value is -2.67. The van der Waals surface area contributed by atoms with Crippen molar-refractivity contribution < 1.29 is 4.79 Å². The van der Waals surface area contributed by atoms with Crippen LogP contribution in [0.1, 0.15) is 18.4 Å². The summed E-state index contributed by atoms with van der Waals surface area (Å²) in [5.41, 5.74) is 0.0127. The first kappa shape index (κ1) is 18.1. The van der Waals surface area contributed by atoms with E-state index in [1.165, 1.54) is 16.8 Å². The molecule has 0 bridgehead atoms. The smallest absolute Gasteiger partial charge is 0.331 e. The molecule has 1 saturated heterocycles. The van der Waals surface area contributed by atoms with Crippen LogP contribution in [-0.4, -0.2) is 34.7 Å². The molecule has 0 saturated carbocycles. The zero-order chi connectivity index (χ0) is 18.4. The number of piperidine rings is 1. The number of carbonyl (C=O) groups is 1. The highest BCUT2D eigenvalue weighted by atomic mass is 16.2. The Morgan fingerprint density at radius 2 is 2.00 bits per heavy atom. The second-order valence-corrected chi connectivity index (χ2v) is 6.65. The molecule has 3 rings (SSSR count). The summed E-state index contributed by atoms with van der Waals surface area (Å²) in [5.74, 6) is 0.0853. The van der Waals surface area contributed by atoms with E-state index in [4.69, 9.17) is 0 Å². The van der Waals surface area contributed by atoms with Crippen LogP contribution in [0.5, 0.6) is 0 Å². The Kier molecular flexibility index (Phi) is 6.01. The zero-order valence-electron chi connectivity index (χ0n) is 14.7. The minimum Gasteiger partial charge on any atom is -0.354 e. The summed E-state index contributed by atoms with van der Waals surface area (Å²) in [7, 11) is 0. The highest BCUT2D eigenvalue weighted by Crippen LogP contribution is 2.08. The van der Waals surface area contributed by atoms with E-state index in [9.17, 15) is 14.4 Å². The maximum absolute atomic E-state index is 12.6. The lowest BCUT2D eigenvalue weighted by Crippen LogP contribution is -2.44. The van der Waals surface area contributed by atoms with Gasteiger partial charge in [-0.25, -0.2) is 4.79 Å². The van der Waals surface area contributed by atoms with Crippen molar-refractivity contribution in [2.45, 2.75) is 25.9 Å². The van der Waals surface area contributed by atoms with Gasteiger partial charge in [0, 0.05) is 18.8 Å². The third kappa shape index (κ3) is 4.70. The molecule has 26 heavy (non-hydrogen) atoms. The van der Waals surface area contributed by atoms with Crippen LogP contribution < -0.4 is 21.9 Å². The summed E-state index contributed by atoms with van der Waals surface area (Å²) in [6.07, 6.45) is 3.64. The van der Waals surface area contributed by atoms with Crippen molar-refractivity contribution in [3.05, 3.63) is 69.0 Å². The maximum Gasteiger partial charge on any atom is 0.331 e. The normalized spacial score (nSPS) is 17.0. The molecule has 1 unspecified atom stereocenters. The topological polar surface area (TPSA) is 85.1 Å². The first-order valence-corrected chi connectivity index (χ1v) is 8.95. The molecule has 2 heterocycles. The van der Waals surface area contributed by atoms with Gasteiger partial charge >= 0.3 is 5.69 Å². The van der Waals surface area contributed by atoms with Crippen molar-refractivity contribution in [1.29, 1.82) is 0 Å². The van der Waals surface area contributed by atoms with Gasteiger partial charge in [-0.1, -0.05) is 30.3 Å². The number of hydrogen-bond acceptors (Lipinski definition) is 4. The molecule has 1 aliphatic heterocycles. The second kappa shape index (κ2) is 8.62. The van der Waals surface area contributed by atoms with Crippen molar-refractivity contribution in [2.24, 2.45) is 5.92 Å². The molecular weight excluding hydrogens is 332 g/mol. The maximum atomic E-state index is 12.6. The van der Waals surface area contributed by atoms with Crippen LogP contribution in [0.3, 0.4) is 0 Å². The number of hydrogen-bond donors (Lipinski definition) is 2. The molecule has 1 aliphatic rings. The van der Waals surface area contributed by atoms with E-state index in [0.29, 0.717) is 19.0 Å². The molecular formula is C19H24N4O3. The summed E-state index contributed by atoms with van der Waals surface area (Å²) < 4.78 is 2.42. The Balaban J connectivity index is 1.66. The van der Waals surface area contributed by atoms with Crippen molar-refractivity contribution in [2.75, 3.05) is 19.6 Å². The van der Waals surface area contributed by atoms with Gasteiger partial charge in [-0.15, -0.1) is 0 Å². The minimum atomic E-state index is -0.476. The van der Waals surface area contributed by atoms with E-state index in [2.05, 4.69) is 10.6 Å². The lowest BCUT2D eigenvalue weighted by molar-refractivity contribution is -0.122. The Bertz CT molecular complexity index is 851. The van der Waals surface area contributed by atoms with Crippen LogP contribution in [0.15, 0.2) is 52.2 Å². The largest absolute Gasteiger partial charge is 0.354 e. The molecule has 1 fully saturated rings. The number of amides is 1. The zero-order valence-corrected chi connectivity index (χ0v) is 14.7. The van der Waals surface area contributed by atoms with Crippen molar-refractivity contribution in [3.63, 3.8) is 0 Å². The highest BCUT2D eigenvalue weighted by molar-refractivity contribution is 5.75. The molecule has 2 aromatic rings. The first-order chi connectivity index (χ1) is 12.6. The number of nitrogens with zero attached hydrogens (tertiary/aromatic N) is 2. The van der Waals surface area contributed by atoms with E-state index >= 15 is 0 Å². The van der Waals surface area contributed by atoms with E-state index in [1.807, 2.05) is 30.3 Å². The van der Waals surface area contributed by atoms with Gasteiger partial charge in [0.25, 0.3) is 5.56 Å². The van der Waals surface area contributed by atoms with E-state index in [1.54, 1.807) is 0 Å². The SMILES string of the molecule is O=C(Cn1c(=O)ccn(Cc2ccccc2)c1=O)NCC1CCCNC1. The predicted molar refractivity (Wildman–Crippen MR) is 99.1 cm³/mol. The summed E-state index contributed by atoms with van der Waals surface area (Å²) in [6, 6.07) is 10.8. The van der Waals surface area contributed by atoms with Crippen molar-refractivity contribution in [1.82, 2.24) is 19.8 Å². The second-order valence-electron chi connectivity index (χ2n) is 6.65. The lowest BCUT2D eigenvalue weighted by Gasteiger charge is -2.22. The van der Waals surface area contributed by atoms with Gasteiger partial charge in [-0.05, 0) is 37.4 Å². The lowest BCUT2D eigenvalue weighted by atomic mass is 10.00. The number of aromatic nitrogens is 2. The van der Waals surface area contributed by atoms with Gasteiger partial charge in [-0.3, -0.25) is 18.7 Å². The van der Waals surface area contributed by atoms with Crippen LogP contribution in [0.25, 0.3) is 0 Å². The average molecular weight is 356 g/mol. The standard InChI is InChI=1S/C19H24N4O3/c24-17(21-12-16-7-4-9-20-11-16)14-23-18(25)8-10-22(19(23)26)13-15-5-2-1-3-6-15/h1-3,5-6,8,10,16,20H,4,7,9,11-14H2,(H,21,24). The molecule has 0 aliphatic carbocycles.